The second-order valence-electron chi connectivity index (χ2n) is 4.00. The molecule has 0 N–H and O–H groups in total. The Morgan fingerprint density at radius 1 is 1.56 bits per heavy atom. The number of hydrogen-bond donors (Lipinski definition) is 0. The minimum atomic E-state index is 0.469. The Balaban J connectivity index is 1.79. The zero-order valence-corrected chi connectivity index (χ0v) is 8.67. The predicted octanol–water partition coefficient (Wildman–Crippen LogP) is 1.61. The van der Waals surface area contributed by atoms with Crippen LogP contribution in [0.5, 0.6) is 0 Å². The third-order valence-corrected chi connectivity index (χ3v) is 2.71. The zero-order chi connectivity index (χ0) is 11.0. The Morgan fingerprint density at radius 2 is 2.44 bits per heavy atom. The van der Waals surface area contributed by atoms with Gasteiger partial charge >= 0.3 is 0 Å². The molecule has 2 heterocycles. The second kappa shape index (κ2) is 3.59. The minimum absolute atomic E-state index is 0.469. The van der Waals surface area contributed by atoms with Gasteiger partial charge in [-0.1, -0.05) is 5.16 Å². The van der Waals surface area contributed by atoms with E-state index in [0.29, 0.717) is 24.0 Å². The standard InChI is InChI=1S/C11H11N3O2/c15-7-9-2-1-5-14(9)6-10-12-11(16-13-10)8-3-4-8/h1-2,5,7-8H,3-4,6H2. The lowest BCUT2D eigenvalue weighted by atomic mass is 10.4. The molecule has 1 saturated carbocycles. The first-order valence-electron chi connectivity index (χ1n) is 5.29. The Kier molecular flexibility index (Phi) is 2.09. The second-order valence-corrected chi connectivity index (χ2v) is 4.00. The summed E-state index contributed by atoms with van der Waals surface area (Å²) >= 11 is 0. The van der Waals surface area contributed by atoms with Crippen LogP contribution in [-0.4, -0.2) is 21.0 Å². The van der Waals surface area contributed by atoms with Crippen molar-refractivity contribution in [2.24, 2.45) is 0 Å². The van der Waals surface area contributed by atoms with E-state index in [1.165, 1.54) is 0 Å². The van der Waals surface area contributed by atoms with Gasteiger partial charge in [0.05, 0.1) is 12.2 Å². The van der Waals surface area contributed by atoms with E-state index in [9.17, 15) is 4.79 Å². The molecular weight excluding hydrogens is 206 g/mol. The zero-order valence-electron chi connectivity index (χ0n) is 8.67. The highest BCUT2D eigenvalue weighted by Gasteiger charge is 2.29. The molecule has 2 aromatic rings. The highest BCUT2D eigenvalue weighted by molar-refractivity contribution is 5.72. The first-order chi connectivity index (χ1) is 7.86. The number of carbonyl (C=O) groups excluding carboxylic acids is 1. The van der Waals surface area contributed by atoms with E-state index < -0.39 is 0 Å². The maximum atomic E-state index is 10.7. The first kappa shape index (κ1) is 9.33. The molecule has 1 aliphatic carbocycles. The van der Waals surface area contributed by atoms with Gasteiger partial charge in [0.25, 0.3) is 0 Å². The molecule has 3 rings (SSSR count). The van der Waals surface area contributed by atoms with Gasteiger partial charge < -0.3 is 9.09 Å². The van der Waals surface area contributed by atoms with Crippen molar-refractivity contribution in [2.75, 3.05) is 0 Å². The maximum Gasteiger partial charge on any atom is 0.229 e. The summed E-state index contributed by atoms with van der Waals surface area (Å²) in [6.07, 6.45) is 4.94. The van der Waals surface area contributed by atoms with Crippen molar-refractivity contribution >= 4 is 6.29 Å². The van der Waals surface area contributed by atoms with Crippen molar-refractivity contribution in [2.45, 2.75) is 25.3 Å². The van der Waals surface area contributed by atoms with Gasteiger partial charge in [0.2, 0.25) is 5.89 Å². The molecule has 0 amide bonds. The highest BCUT2D eigenvalue weighted by Crippen LogP contribution is 2.38. The molecule has 0 atom stereocenters. The molecule has 1 fully saturated rings. The molecule has 0 saturated heterocycles. The fraction of sp³-hybridized carbons (Fsp3) is 0.364. The van der Waals surface area contributed by atoms with Crippen molar-refractivity contribution in [1.82, 2.24) is 14.7 Å². The monoisotopic (exact) mass is 217 g/mol. The van der Waals surface area contributed by atoms with Gasteiger partial charge in [-0.25, -0.2) is 0 Å². The van der Waals surface area contributed by atoms with Gasteiger partial charge in [-0.3, -0.25) is 4.79 Å². The van der Waals surface area contributed by atoms with Crippen molar-refractivity contribution in [3.8, 4) is 0 Å². The average Bonchev–Trinajstić information content (AvgIpc) is 2.88. The molecule has 1 aliphatic rings. The van der Waals surface area contributed by atoms with Gasteiger partial charge in [0, 0.05) is 12.1 Å². The number of rotatable bonds is 4. The van der Waals surface area contributed by atoms with E-state index >= 15 is 0 Å². The van der Waals surface area contributed by atoms with E-state index in [1.807, 2.05) is 12.3 Å². The van der Waals surface area contributed by atoms with Crippen LogP contribution in [0.2, 0.25) is 0 Å². The molecule has 16 heavy (non-hydrogen) atoms. The van der Waals surface area contributed by atoms with Crippen molar-refractivity contribution < 1.29 is 9.32 Å². The summed E-state index contributed by atoms with van der Waals surface area (Å²) in [6, 6.07) is 3.58. The van der Waals surface area contributed by atoms with Gasteiger partial charge in [-0.2, -0.15) is 4.98 Å². The average molecular weight is 217 g/mol. The molecular formula is C11H11N3O2. The Morgan fingerprint density at radius 3 is 3.19 bits per heavy atom. The van der Waals surface area contributed by atoms with Crippen LogP contribution >= 0.6 is 0 Å². The molecule has 0 aromatic carbocycles. The normalized spacial score (nSPS) is 15.2. The van der Waals surface area contributed by atoms with Gasteiger partial charge in [0.1, 0.15) is 0 Å². The molecule has 5 heteroatoms. The van der Waals surface area contributed by atoms with Crippen LogP contribution in [0.25, 0.3) is 0 Å². The minimum Gasteiger partial charge on any atom is -0.339 e. The van der Waals surface area contributed by atoms with Crippen LogP contribution in [0.4, 0.5) is 0 Å². The van der Waals surface area contributed by atoms with E-state index in [2.05, 4.69) is 10.1 Å². The fourth-order valence-electron chi connectivity index (χ4n) is 1.66. The topological polar surface area (TPSA) is 60.9 Å². The van der Waals surface area contributed by atoms with Gasteiger partial charge in [-0.05, 0) is 25.0 Å². The third-order valence-electron chi connectivity index (χ3n) is 2.71. The highest BCUT2D eigenvalue weighted by atomic mass is 16.5. The van der Waals surface area contributed by atoms with Crippen LogP contribution in [0.3, 0.4) is 0 Å². The summed E-state index contributed by atoms with van der Waals surface area (Å²) in [7, 11) is 0. The van der Waals surface area contributed by atoms with Crippen molar-refractivity contribution in [3.05, 3.63) is 35.7 Å². The molecule has 0 aliphatic heterocycles. The summed E-state index contributed by atoms with van der Waals surface area (Å²) in [5, 5.41) is 3.90. The lowest BCUT2D eigenvalue weighted by molar-refractivity contribution is 0.111. The Labute approximate surface area is 92.1 Å². The quantitative estimate of drug-likeness (QED) is 0.730. The molecule has 0 bridgehead atoms. The largest absolute Gasteiger partial charge is 0.339 e. The van der Waals surface area contributed by atoms with Gasteiger partial charge in [-0.15, -0.1) is 0 Å². The van der Waals surface area contributed by atoms with E-state index in [1.54, 1.807) is 10.6 Å². The summed E-state index contributed by atoms with van der Waals surface area (Å²) in [6.45, 7) is 0.483. The van der Waals surface area contributed by atoms with Crippen LogP contribution in [-0.2, 0) is 6.54 Å². The summed E-state index contributed by atoms with van der Waals surface area (Å²) in [5.41, 5.74) is 0.623. The van der Waals surface area contributed by atoms with E-state index in [0.717, 1.165) is 25.0 Å². The summed E-state index contributed by atoms with van der Waals surface area (Å²) in [5.74, 6) is 1.83. The van der Waals surface area contributed by atoms with Crippen molar-refractivity contribution in [1.29, 1.82) is 0 Å². The number of nitrogens with zero attached hydrogens (tertiary/aromatic N) is 3. The van der Waals surface area contributed by atoms with Crippen molar-refractivity contribution in [3.63, 3.8) is 0 Å². The molecule has 2 aromatic heterocycles. The lowest BCUT2D eigenvalue weighted by Gasteiger charge is -1.99. The van der Waals surface area contributed by atoms with E-state index in [4.69, 9.17) is 4.52 Å². The van der Waals surface area contributed by atoms with Crippen LogP contribution in [0.15, 0.2) is 22.9 Å². The number of aldehydes is 1. The number of hydrogen-bond acceptors (Lipinski definition) is 4. The van der Waals surface area contributed by atoms with Crippen LogP contribution in [0, 0.1) is 0 Å². The molecule has 5 nitrogen and oxygen atoms in total. The van der Waals surface area contributed by atoms with E-state index in [-0.39, 0.29) is 0 Å². The smallest absolute Gasteiger partial charge is 0.229 e. The number of carbonyl (C=O) groups is 1. The first-order valence-corrected chi connectivity index (χ1v) is 5.29. The maximum absolute atomic E-state index is 10.7. The summed E-state index contributed by atoms with van der Waals surface area (Å²) in [4.78, 5) is 15.0. The molecule has 0 spiro atoms. The Hall–Kier alpha value is -1.91. The summed E-state index contributed by atoms with van der Waals surface area (Å²) < 4.78 is 6.95. The Bertz CT molecular complexity index is 511. The molecule has 82 valence electrons. The lowest BCUT2D eigenvalue weighted by Crippen LogP contribution is -2.03. The number of aromatic nitrogens is 3. The third kappa shape index (κ3) is 1.64. The SMILES string of the molecule is O=Cc1cccn1Cc1noc(C2CC2)n1. The fourth-order valence-corrected chi connectivity index (χ4v) is 1.66. The van der Waals surface area contributed by atoms with Crippen LogP contribution in [0.1, 0.15) is 41.0 Å². The predicted molar refractivity (Wildman–Crippen MR) is 55.2 cm³/mol. The van der Waals surface area contributed by atoms with Crippen LogP contribution < -0.4 is 0 Å². The van der Waals surface area contributed by atoms with Gasteiger partial charge in [0.15, 0.2) is 12.1 Å². The molecule has 0 radical (unpaired) electrons. The molecule has 0 unspecified atom stereocenters.